The first-order valence-corrected chi connectivity index (χ1v) is 31.5. The predicted octanol–water partition coefficient (Wildman–Crippen LogP) is 22.6. The van der Waals surface area contributed by atoms with Crippen LogP contribution in [0.15, 0.2) is 324 Å². The Morgan fingerprint density at radius 3 is 0.872 bits per heavy atom. The molecule has 19 aromatic rings. The van der Waals surface area contributed by atoms with Crippen LogP contribution in [0.4, 0.5) is 0 Å². The number of rotatable bonds is 8. The fourth-order valence-corrected chi connectivity index (χ4v) is 13.4. The molecule has 0 unspecified atom stereocenters. The summed E-state index contributed by atoms with van der Waals surface area (Å²) in [6.07, 6.45) is 0. The van der Waals surface area contributed by atoms with E-state index in [1.807, 2.05) is 60.7 Å². The minimum atomic E-state index is 0.636. The standard InChI is InChI=1S/C45H27N3O.C41H25N3O/c1-3-11-30-25-33(21-19-28(30)9-1)43-46-44(34-22-20-29-10-2-4-12-31(29)26-34)48-45(47-43)40-17-8-15-36-35(14-7-16-37(36)40)32-23-24-39-38-13-5-6-18-41(38)49-42(39)27-32;1-2-11-27(12-3-1)39-42-40(30-21-20-26-10-4-5-13-28(26)24-30)44-41(43-39)36-18-9-16-32-31(15-8-17-33(32)36)29-22-23-35-34-14-6-7-19-37(34)45-38(35)25-29/h1-27H;1-25H. The fourth-order valence-electron chi connectivity index (χ4n) is 13.4. The van der Waals surface area contributed by atoms with E-state index in [-0.39, 0.29) is 0 Å². The highest BCUT2D eigenvalue weighted by Gasteiger charge is 2.20. The number of furan rings is 2. The molecule has 0 atom stereocenters. The number of nitrogens with zero attached hydrogens (tertiary/aromatic N) is 6. The molecule has 15 aromatic carbocycles. The van der Waals surface area contributed by atoms with E-state index >= 15 is 0 Å². The summed E-state index contributed by atoms with van der Waals surface area (Å²) in [6, 6.07) is 109. The second kappa shape index (κ2) is 22.6. The molecular formula is C86H52N6O2. The molecule has 0 radical (unpaired) electrons. The van der Waals surface area contributed by atoms with Gasteiger partial charge in [-0.2, -0.15) is 0 Å². The molecule has 0 aliphatic heterocycles. The summed E-state index contributed by atoms with van der Waals surface area (Å²) in [5.74, 6) is 3.85. The monoisotopic (exact) mass is 1200 g/mol. The summed E-state index contributed by atoms with van der Waals surface area (Å²) < 4.78 is 12.5. The van der Waals surface area contributed by atoms with Crippen molar-refractivity contribution in [2.75, 3.05) is 0 Å². The summed E-state index contributed by atoms with van der Waals surface area (Å²) >= 11 is 0. The van der Waals surface area contributed by atoms with Crippen LogP contribution in [0.25, 0.3) is 188 Å². The van der Waals surface area contributed by atoms with E-state index in [1.165, 1.54) is 16.2 Å². The average molecular weight is 1200 g/mol. The van der Waals surface area contributed by atoms with Gasteiger partial charge >= 0.3 is 0 Å². The third kappa shape index (κ3) is 9.73. The van der Waals surface area contributed by atoms with Crippen LogP contribution in [0.1, 0.15) is 0 Å². The molecule has 8 heteroatoms. The maximum Gasteiger partial charge on any atom is 0.164 e. The number of fused-ring (bicyclic) bond motifs is 11. The molecule has 94 heavy (non-hydrogen) atoms. The first kappa shape index (κ1) is 54.2. The number of benzene rings is 15. The molecule has 0 fully saturated rings. The van der Waals surface area contributed by atoms with Gasteiger partial charge in [0.1, 0.15) is 22.3 Å². The second-order valence-corrected chi connectivity index (χ2v) is 23.7. The van der Waals surface area contributed by atoms with Gasteiger partial charge in [0.05, 0.1) is 0 Å². The van der Waals surface area contributed by atoms with Gasteiger partial charge in [0.2, 0.25) is 0 Å². The fraction of sp³-hybridized carbons (Fsp3) is 0. The van der Waals surface area contributed by atoms with Gasteiger partial charge in [-0.05, 0) is 131 Å². The number of aromatic nitrogens is 6. The molecule has 0 saturated heterocycles. The Labute approximate surface area is 539 Å². The maximum absolute atomic E-state index is 6.26. The van der Waals surface area contributed by atoms with E-state index in [9.17, 15) is 0 Å². The van der Waals surface area contributed by atoms with E-state index in [2.05, 4.69) is 255 Å². The van der Waals surface area contributed by atoms with E-state index in [4.69, 9.17) is 38.7 Å². The van der Waals surface area contributed by atoms with Gasteiger partial charge in [-0.1, -0.05) is 261 Å². The van der Waals surface area contributed by atoms with Crippen LogP contribution >= 0.6 is 0 Å². The van der Waals surface area contributed by atoms with E-state index < -0.39 is 0 Å². The first-order chi connectivity index (χ1) is 46.5. The molecule has 0 bridgehead atoms. The molecule has 0 N–H and O–H groups in total. The Balaban J connectivity index is 0.000000138. The van der Waals surface area contributed by atoms with Gasteiger partial charge in [-0.25, -0.2) is 29.9 Å². The molecule has 0 spiro atoms. The van der Waals surface area contributed by atoms with Gasteiger partial charge in [0.15, 0.2) is 34.9 Å². The van der Waals surface area contributed by atoms with Crippen LogP contribution in [0, 0.1) is 0 Å². The lowest BCUT2D eigenvalue weighted by atomic mass is 9.94. The number of para-hydroxylation sites is 2. The quantitative estimate of drug-likeness (QED) is 0.148. The third-order valence-corrected chi connectivity index (χ3v) is 18.0. The van der Waals surface area contributed by atoms with Gasteiger partial charge in [-0.3, -0.25) is 0 Å². The SMILES string of the molecule is c1ccc(-c2nc(-c3ccc4ccccc4c3)nc(-c3cccc4c(-c5ccc6c(c5)oc5ccccc56)cccc34)n2)cc1.c1ccc2cc(-c3nc(-c4ccc5ccccc5c4)nc(-c4cccc5c(-c6ccc7c(c6)oc6ccccc67)cccc45)n3)ccc2c1. The minimum Gasteiger partial charge on any atom is -0.456 e. The Bertz CT molecular complexity index is 6110. The zero-order chi connectivity index (χ0) is 62.1. The Kier molecular flexibility index (Phi) is 13.0. The lowest BCUT2D eigenvalue weighted by molar-refractivity contribution is 0.668. The normalized spacial score (nSPS) is 11.6. The van der Waals surface area contributed by atoms with Gasteiger partial charge in [0.25, 0.3) is 0 Å². The zero-order valence-electron chi connectivity index (χ0n) is 50.5. The Morgan fingerprint density at radius 2 is 0.457 bits per heavy atom. The second-order valence-electron chi connectivity index (χ2n) is 23.7. The third-order valence-electron chi connectivity index (χ3n) is 18.0. The van der Waals surface area contributed by atoms with Crippen molar-refractivity contribution in [3.05, 3.63) is 315 Å². The van der Waals surface area contributed by atoms with Crippen LogP contribution in [0.3, 0.4) is 0 Å². The molecule has 0 aliphatic carbocycles. The summed E-state index contributed by atoms with van der Waals surface area (Å²) in [4.78, 5) is 30.5. The minimum absolute atomic E-state index is 0.636. The summed E-state index contributed by atoms with van der Waals surface area (Å²) in [5.41, 5.74) is 13.7. The van der Waals surface area contributed by atoms with Crippen LogP contribution in [-0.4, -0.2) is 29.9 Å². The van der Waals surface area contributed by atoms with Crippen molar-refractivity contribution in [2.24, 2.45) is 0 Å². The van der Waals surface area contributed by atoms with Crippen molar-refractivity contribution in [2.45, 2.75) is 0 Å². The summed E-state index contributed by atoms with van der Waals surface area (Å²) in [6.45, 7) is 0. The molecule has 4 aromatic heterocycles. The predicted molar refractivity (Wildman–Crippen MR) is 385 cm³/mol. The zero-order valence-corrected chi connectivity index (χ0v) is 50.5. The van der Waals surface area contributed by atoms with E-state index in [1.54, 1.807) is 0 Å². The average Bonchev–Trinajstić information content (AvgIpc) is 1.64. The molecular weight excluding hydrogens is 1150 g/mol. The lowest BCUT2D eigenvalue weighted by Crippen LogP contribution is -2.00. The van der Waals surface area contributed by atoms with Crippen molar-refractivity contribution in [3.63, 3.8) is 0 Å². The molecule has 0 aliphatic rings. The van der Waals surface area contributed by atoms with Crippen molar-refractivity contribution in [1.82, 2.24) is 29.9 Å². The molecule has 0 amide bonds. The molecule has 4 heterocycles. The number of hydrogen-bond donors (Lipinski definition) is 0. The van der Waals surface area contributed by atoms with Crippen LogP contribution < -0.4 is 0 Å². The first-order valence-electron chi connectivity index (χ1n) is 31.5. The van der Waals surface area contributed by atoms with E-state index in [0.717, 1.165) is 137 Å². The molecule has 438 valence electrons. The van der Waals surface area contributed by atoms with Crippen LogP contribution in [-0.2, 0) is 0 Å². The summed E-state index contributed by atoms with van der Waals surface area (Å²) in [5, 5.41) is 15.9. The highest BCUT2D eigenvalue weighted by molar-refractivity contribution is 6.10. The van der Waals surface area contributed by atoms with Crippen molar-refractivity contribution in [3.8, 4) is 90.6 Å². The van der Waals surface area contributed by atoms with Crippen molar-refractivity contribution < 1.29 is 8.83 Å². The Morgan fingerprint density at radius 1 is 0.160 bits per heavy atom. The van der Waals surface area contributed by atoms with Crippen LogP contribution in [0.2, 0.25) is 0 Å². The lowest BCUT2D eigenvalue weighted by Gasteiger charge is -2.13. The van der Waals surface area contributed by atoms with Gasteiger partial charge in [-0.15, -0.1) is 0 Å². The molecule has 19 rings (SSSR count). The van der Waals surface area contributed by atoms with E-state index in [0.29, 0.717) is 34.9 Å². The smallest absolute Gasteiger partial charge is 0.164 e. The van der Waals surface area contributed by atoms with Gasteiger partial charge < -0.3 is 8.83 Å². The maximum atomic E-state index is 6.26. The highest BCUT2D eigenvalue weighted by atomic mass is 16.3. The van der Waals surface area contributed by atoms with Crippen molar-refractivity contribution in [1.29, 1.82) is 0 Å². The summed E-state index contributed by atoms with van der Waals surface area (Å²) in [7, 11) is 0. The highest BCUT2D eigenvalue weighted by Crippen LogP contribution is 2.41. The number of hydrogen-bond acceptors (Lipinski definition) is 8. The topological polar surface area (TPSA) is 104 Å². The van der Waals surface area contributed by atoms with Crippen LogP contribution in [0.5, 0.6) is 0 Å². The van der Waals surface area contributed by atoms with Crippen molar-refractivity contribution >= 4 is 97.7 Å². The van der Waals surface area contributed by atoms with Gasteiger partial charge in [0, 0.05) is 54.9 Å². The molecule has 0 saturated carbocycles. The largest absolute Gasteiger partial charge is 0.456 e. The molecule has 8 nitrogen and oxygen atoms in total. The Hall–Kier alpha value is -12.8.